The Balaban J connectivity index is 3.91. The number of carbonyl (C=O) groups is 1. The van der Waals surface area contributed by atoms with Crippen LogP contribution in [0.25, 0.3) is 0 Å². The number of nitrogens with zero attached hydrogens (tertiary/aromatic N) is 1. The van der Waals surface area contributed by atoms with Crippen molar-refractivity contribution in [3.05, 3.63) is 0 Å². The minimum atomic E-state index is -0.705. The van der Waals surface area contributed by atoms with Crippen molar-refractivity contribution in [3.8, 4) is 0 Å². The Bertz CT molecular complexity index is 254. The van der Waals surface area contributed by atoms with Crippen LogP contribution >= 0.6 is 0 Å². The number of carbonyl (C=O) groups excluding carboxylic acids is 1. The lowest BCUT2D eigenvalue weighted by Crippen LogP contribution is -2.48. The summed E-state index contributed by atoms with van der Waals surface area (Å²) in [5.74, 6) is 0. The highest BCUT2D eigenvalue weighted by Gasteiger charge is 2.17. The van der Waals surface area contributed by atoms with Gasteiger partial charge in [-0.3, -0.25) is 4.90 Å². The van der Waals surface area contributed by atoms with Crippen molar-refractivity contribution in [3.63, 3.8) is 0 Å². The molecule has 108 valence electrons. The number of likely N-dealkylation sites (N-methyl/N-ethyl adjacent to an activating group) is 1. The average molecular weight is 259 g/mol. The van der Waals surface area contributed by atoms with Gasteiger partial charge in [0.2, 0.25) is 0 Å². The highest BCUT2D eigenvalue weighted by molar-refractivity contribution is 5.74. The fourth-order valence-corrected chi connectivity index (χ4v) is 1.61. The lowest BCUT2D eigenvalue weighted by Gasteiger charge is -2.28. The minimum Gasteiger partial charge on any atom is -0.389 e. The van der Waals surface area contributed by atoms with Gasteiger partial charge in [-0.1, -0.05) is 6.92 Å². The van der Waals surface area contributed by atoms with Crippen LogP contribution < -0.4 is 10.6 Å². The van der Waals surface area contributed by atoms with E-state index in [0.29, 0.717) is 13.1 Å². The standard InChI is InChI=1S/C13H29N3O2/c1-7-16(10-13(5,6)18)9-8-14-11(17)15-12(2,3)4/h18H,7-10H2,1-6H3,(H2,14,15,17). The van der Waals surface area contributed by atoms with Gasteiger partial charge < -0.3 is 15.7 Å². The van der Waals surface area contributed by atoms with Gasteiger partial charge in [-0.2, -0.15) is 0 Å². The first-order valence-corrected chi connectivity index (χ1v) is 6.54. The molecule has 0 heterocycles. The van der Waals surface area contributed by atoms with E-state index >= 15 is 0 Å². The second-order valence-electron chi connectivity index (χ2n) is 6.31. The minimum absolute atomic E-state index is 0.151. The second-order valence-corrected chi connectivity index (χ2v) is 6.31. The molecular formula is C13H29N3O2. The van der Waals surface area contributed by atoms with Gasteiger partial charge in [0, 0.05) is 25.2 Å². The number of urea groups is 1. The Morgan fingerprint density at radius 1 is 1.22 bits per heavy atom. The van der Waals surface area contributed by atoms with E-state index in [-0.39, 0.29) is 11.6 Å². The number of amides is 2. The topological polar surface area (TPSA) is 64.6 Å². The van der Waals surface area contributed by atoms with E-state index in [2.05, 4.69) is 15.5 Å². The quantitative estimate of drug-likeness (QED) is 0.671. The fourth-order valence-electron chi connectivity index (χ4n) is 1.61. The van der Waals surface area contributed by atoms with E-state index in [1.54, 1.807) is 13.8 Å². The van der Waals surface area contributed by atoms with Crippen LogP contribution in [0, 0.1) is 0 Å². The van der Waals surface area contributed by atoms with Crippen LogP contribution in [0.2, 0.25) is 0 Å². The molecule has 0 aromatic heterocycles. The third-order valence-electron chi connectivity index (χ3n) is 2.26. The van der Waals surface area contributed by atoms with Gasteiger partial charge in [0.15, 0.2) is 0 Å². The summed E-state index contributed by atoms with van der Waals surface area (Å²) in [6.07, 6.45) is 0. The zero-order valence-electron chi connectivity index (χ0n) is 12.6. The molecule has 0 aromatic carbocycles. The smallest absolute Gasteiger partial charge is 0.315 e. The molecule has 3 N–H and O–H groups in total. The van der Waals surface area contributed by atoms with Crippen LogP contribution in [0.4, 0.5) is 4.79 Å². The predicted molar refractivity (Wildman–Crippen MR) is 74.7 cm³/mol. The molecule has 0 radical (unpaired) electrons. The van der Waals surface area contributed by atoms with Crippen LogP contribution in [0.1, 0.15) is 41.5 Å². The maximum absolute atomic E-state index is 11.5. The summed E-state index contributed by atoms with van der Waals surface area (Å²) >= 11 is 0. The predicted octanol–water partition coefficient (Wildman–Crippen LogP) is 1.18. The first-order valence-electron chi connectivity index (χ1n) is 6.54. The lowest BCUT2D eigenvalue weighted by atomic mass is 10.1. The van der Waals surface area contributed by atoms with E-state index in [9.17, 15) is 9.90 Å². The highest BCUT2D eigenvalue weighted by Crippen LogP contribution is 2.03. The molecule has 0 aliphatic carbocycles. The lowest BCUT2D eigenvalue weighted by molar-refractivity contribution is 0.0385. The Hall–Kier alpha value is -0.810. The zero-order chi connectivity index (χ0) is 14.4. The van der Waals surface area contributed by atoms with Gasteiger partial charge in [-0.25, -0.2) is 4.79 Å². The van der Waals surface area contributed by atoms with E-state index in [0.717, 1.165) is 13.1 Å². The van der Waals surface area contributed by atoms with E-state index in [4.69, 9.17) is 0 Å². The summed E-state index contributed by atoms with van der Waals surface area (Å²) in [5, 5.41) is 15.4. The largest absolute Gasteiger partial charge is 0.389 e. The fraction of sp³-hybridized carbons (Fsp3) is 0.923. The summed E-state index contributed by atoms with van der Waals surface area (Å²) in [6.45, 7) is 14.2. The summed E-state index contributed by atoms with van der Waals surface area (Å²) in [7, 11) is 0. The Morgan fingerprint density at radius 2 is 1.78 bits per heavy atom. The molecule has 0 rings (SSSR count). The zero-order valence-corrected chi connectivity index (χ0v) is 12.6. The van der Waals surface area contributed by atoms with E-state index in [1.165, 1.54) is 0 Å². The Morgan fingerprint density at radius 3 is 2.17 bits per heavy atom. The SMILES string of the molecule is CCN(CCNC(=O)NC(C)(C)C)CC(C)(C)O. The molecule has 0 spiro atoms. The monoisotopic (exact) mass is 259 g/mol. The summed E-state index contributed by atoms with van der Waals surface area (Å²) in [4.78, 5) is 13.6. The number of hydrogen-bond donors (Lipinski definition) is 3. The Labute approximate surface area is 111 Å². The van der Waals surface area contributed by atoms with Gasteiger partial charge in [0.1, 0.15) is 0 Å². The molecule has 0 unspecified atom stereocenters. The third-order valence-corrected chi connectivity index (χ3v) is 2.26. The molecule has 0 atom stereocenters. The second kappa shape index (κ2) is 6.95. The van der Waals surface area contributed by atoms with Gasteiger partial charge in [-0.15, -0.1) is 0 Å². The number of nitrogens with one attached hydrogen (secondary N) is 2. The van der Waals surface area contributed by atoms with E-state index in [1.807, 2.05) is 27.7 Å². The molecule has 0 aromatic rings. The van der Waals surface area contributed by atoms with Crippen molar-refractivity contribution in [2.75, 3.05) is 26.2 Å². The number of aliphatic hydroxyl groups is 1. The van der Waals surface area contributed by atoms with Crippen LogP contribution in [0.15, 0.2) is 0 Å². The summed E-state index contributed by atoms with van der Waals surface area (Å²) < 4.78 is 0. The molecule has 5 heteroatoms. The van der Waals surface area contributed by atoms with Gasteiger partial charge >= 0.3 is 6.03 Å². The van der Waals surface area contributed by atoms with Crippen molar-refractivity contribution in [2.45, 2.75) is 52.7 Å². The van der Waals surface area contributed by atoms with Crippen LogP contribution in [-0.4, -0.2) is 53.4 Å². The first kappa shape index (κ1) is 17.2. The molecule has 0 aliphatic rings. The van der Waals surface area contributed by atoms with Crippen LogP contribution in [-0.2, 0) is 0 Å². The average Bonchev–Trinajstić information content (AvgIpc) is 2.11. The van der Waals surface area contributed by atoms with Gasteiger partial charge in [-0.05, 0) is 41.2 Å². The van der Waals surface area contributed by atoms with Crippen molar-refractivity contribution >= 4 is 6.03 Å². The van der Waals surface area contributed by atoms with E-state index < -0.39 is 5.60 Å². The third kappa shape index (κ3) is 10.4. The Kier molecular flexibility index (Phi) is 6.63. The molecule has 0 saturated heterocycles. The van der Waals surface area contributed by atoms with Gasteiger partial charge in [0.05, 0.1) is 5.60 Å². The molecule has 0 aliphatic heterocycles. The van der Waals surface area contributed by atoms with Gasteiger partial charge in [0.25, 0.3) is 0 Å². The normalized spacial score (nSPS) is 12.7. The van der Waals surface area contributed by atoms with Crippen molar-refractivity contribution in [1.82, 2.24) is 15.5 Å². The molecule has 0 saturated carbocycles. The van der Waals surface area contributed by atoms with Crippen LogP contribution in [0.3, 0.4) is 0 Å². The highest BCUT2D eigenvalue weighted by atomic mass is 16.3. The maximum Gasteiger partial charge on any atom is 0.315 e. The van der Waals surface area contributed by atoms with Crippen molar-refractivity contribution < 1.29 is 9.90 Å². The van der Waals surface area contributed by atoms with Crippen molar-refractivity contribution in [2.24, 2.45) is 0 Å². The molecule has 5 nitrogen and oxygen atoms in total. The number of hydrogen-bond acceptors (Lipinski definition) is 3. The summed E-state index contributed by atoms with van der Waals surface area (Å²) in [6, 6.07) is -0.151. The molecule has 0 fully saturated rings. The summed E-state index contributed by atoms with van der Waals surface area (Å²) in [5.41, 5.74) is -0.925. The van der Waals surface area contributed by atoms with Crippen LogP contribution in [0.5, 0.6) is 0 Å². The molecule has 2 amide bonds. The first-order chi connectivity index (χ1) is 8.03. The molecule has 18 heavy (non-hydrogen) atoms. The molecular weight excluding hydrogens is 230 g/mol. The maximum atomic E-state index is 11.5. The molecule has 0 bridgehead atoms. The van der Waals surface area contributed by atoms with Crippen molar-refractivity contribution in [1.29, 1.82) is 0 Å². The number of rotatable bonds is 6.